The Hall–Kier alpha value is -2.34. The summed E-state index contributed by atoms with van der Waals surface area (Å²) in [4.78, 5) is 24.7. The molecule has 5 nitrogen and oxygen atoms in total. The van der Waals surface area contributed by atoms with Crippen LogP contribution in [0.2, 0.25) is 0 Å². The molecule has 3 rings (SSSR count). The van der Waals surface area contributed by atoms with Gasteiger partial charge in [0, 0.05) is 45.1 Å². The van der Waals surface area contributed by atoms with Gasteiger partial charge in [-0.15, -0.1) is 0 Å². The van der Waals surface area contributed by atoms with Gasteiger partial charge in [0.2, 0.25) is 6.17 Å². The van der Waals surface area contributed by atoms with E-state index in [9.17, 15) is 9.18 Å². The molecular weight excluding hydrogens is 307 g/mol. The minimum absolute atomic E-state index is 0.417. The normalized spacial score (nSPS) is 16.8. The summed E-state index contributed by atoms with van der Waals surface area (Å²) in [5, 5.41) is 0. The lowest BCUT2D eigenvalue weighted by Gasteiger charge is -2.35. The van der Waals surface area contributed by atoms with Crippen molar-refractivity contribution in [3.8, 4) is 0 Å². The average Bonchev–Trinajstić information content (AvgIpc) is 2.64. The minimum Gasteiger partial charge on any atom is -0.337 e. The van der Waals surface area contributed by atoms with Gasteiger partial charge < -0.3 is 4.90 Å². The molecule has 0 saturated carbocycles. The number of nitrogens with zero attached hydrogens (tertiary/aromatic N) is 4. The van der Waals surface area contributed by atoms with Crippen LogP contribution in [-0.4, -0.2) is 51.9 Å². The number of hydrogen-bond donors (Lipinski definition) is 0. The molecule has 0 N–H and O–H groups in total. The van der Waals surface area contributed by atoms with Crippen LogP contribution in [0.3, 0.4) is 0 Å². The number of alkyl halides is 1. The van der Waals surface area contributed by atoms with Crippen molar-refractivity contribution in [3.63, 3.8) is 0 Å². The van der Waals surface area contributed by atoms with Crippen molar-refractivity contribution < 1.29 is 9.18 Å². The number of aromatic nitrogens is 2. The maximum Gasteiger partial charge on any atom is 0.261 e. The number of aryl methyl sites for hydroxylation is 1. The van der Waals surface area contributed by atoms with Crippen LogP contribution in [0.5, 0.6) is 0 Å². The average molecular weight is 328 g/mol. The second-order valence-electron chi connectivity index (χ2n) is 5.96. The Balaban J connectivity index is 1.55. The molecule has 1 aliphatic rings. The van der Waals surface area contributed by atoms with Crippen LogP contribution in [0, 0.1) is 6.92 Å². The summed E-state index contributed by atoms with van der Waals surface area (Å²) in [5.74, 6) is -0.448. The second kappa shape index (κ2) is 7.49. The number of benzene rings is 1. The highest BCUT2D eigenvalue weighted by Crippen LogP contribution is 2.21. The second-order valence-corrected chi connectivity index (χ2v) is 5.96. The van der Waals surface area contributed by atoms with Gasteiger partial charge in [-0.2, -0.15) is 0 Å². The summed E-state index contributed by atoms with van der Waals surface area (Å²) >= 11 is 0. The molecule has 1 atom stereocenters. The van der Waals surface area contributed by atoms with Crippen molar-refractivity contribution in [1.82, 2.24) is 19.8 Å². The highest BCUT2D eigenvalue weighted by molar-refractivity contribution is 5.82. The smallest absolute Gasteiger partial charge is 0.261 e. The van der Waals surface area contributed by atoms with Gasteiger partial charge in [-0.25, -0.2) is 4.39 Å². The van der Waals surface area contributed by atoms with Gasteiger partial charge in [0.25, 0.3) is 5.91 Å². The zero-order valence-corrected chi connectivity index (χ0v) is 13.7. The number of amides is 1. The fraction of sp³-hybridized carbons (Fsp3) is 0.389. The van der Waals surface area contributed by atoms with E-state index in [0.29, 0.717) is 38.3 Å². The van der Waals surface area contributed by atoms with Gasteiger partial charge in [0.05, 0.1) is 11.4 Å². The van der Waals surface area contributed by atoms with E-state index >= 15 is 0 Å². The van der Waals surface area contributed by atoms with Crippen LogP contribution in [0.25, 0.3) is 0 Å². The minimum atomic E-state index is -1.58. The summed E-state index contributed by atoms with van der Waals surface area (Å²) in [6.07, 6.45) is 1.79. The van der Waals surface area contributed by atoms with Crippen LogP contribution >= 0.6 is 0 Å². The van der Waals surface area contributed by atoms with Crippen molar-refractivity contribution in [1.29, 1.82) is 0 Å². The van der Waals surface area contributed by atoms with E-state index in [1.807, 2.05) is 13.0 Å². The maximum absolute atomic E-state index is 14.4. The first-order valence-corrected chi connectivity index (χ1v) is 8.12. The predicted octanol–water partition coefficient (Wildman–Crippen LogP) is 2.14. The van der Waals surface area contributed by atoms with E-state index in [-0.39, 0.29) is 0 Å². The highest BCUT2D eigenvalue weighted by Gasteiger charge is 2.28. The van der Waals surface area contributed by atoms with Gasteiger partial charge in [0.1, 0.15) is 0 Å². The molecule has 1 aromatic heterocycles. The summed E-state index contributed by atoms with van der Waals surface area (Å²) in [7, 11) is 0. The molecular formula is C18H21FN4O. The zero-order valence-electron chi connectivity index (χ0n) is 13.7. The van der Waals surface area contributed by atoms with Crippen molar-refractivity contribution in [2.75, 3.05) is 26.2 Å². The van der Waals surface area contributed by atoms with Crippen LogP contribution in [0.1, 0.15) is 23.1 Å². The maximum atomic E-state index is 14.4. The van der Waals surface area contributed by atoms with Crippen LogP contribution in [0.4, 0.5) is 4.39 Å². The van der Waals surface area contributed by atoms with Gasteiger partial charge in [-0.05, 0) is 12.5 Å². The lowest BCUT2D eigenvalue weighted by molar-refractivity contribution is -0.138. The van der Waals surface area contributed by atoms with Gasteiger partial charge in [0.15, 0.2) is 0 Å². The molecule has 1 fully saturated rings. The highest BCUT2D eigenvalue weighted by atomic mass is 19.1. The fourth-order valence-electron chi connectivity index (χ4n) is 2.85. The SMILES string of the molecule is Cc1nccnc1CN1CCN(C(=O)C(F)c2ccccc2)CC1. The number of hydrogen-bond acceptors (Lipinski definition) is 4. The van der Waals surface area contributed by atoms with Gasteiger partial charge in [-0.3, -0.25) is 19.7 Å². The molecule has 1 aliphatic heterocycles. The third-order valence-electron chi connectivity index (χ3n) is 4.35. The van der Waals surface area contributed by atoms with Crippen molar-refractivity contribution in [2.24, 2.45) is 0 Å². The van der Waals surface area contributed by atoms with E-state index in [2.05, 4.69) is 14.9 Å². The summed E-state index contributed by atoms with van der Waals surface area (Å²) in [5.41, 5.74) is 2.29. The number of carbonyl (C=O) groups excluding carboxylic acids is 1. The Morgan fingerprint density at radius 1 is 1.12 bits per heavy atom. The first kappa shape index (κ1) is 16.5. The first-order valence-electron chi connectivity index (χ1n) is 8.12. The van der Waals surface area contributed by atoms with Crippen molar-refractivity contribution in [2.45, 2.75) is 19.6 Å². The summed E-state index contributed by atoms with van der Waals surface area (Å²) in [6, 6.07) is 8.60. The molecule has 0 radical (unpaired) electrons. The molecule has 1 amide bonds. The van der Waals surface area contributed by atoms with Gasteiger partial charge >= 0.3 is 0 Å². The number of carbonyl (C=O) groups is 1. The molecule has 0 bridgehead atoms. The van der Waals surface area contributed by atoms with Crippen LogP contribution in [-0.2, 0) is 11.3 Å². The Bertz CT molecular complexity index is 686. The topological polar surface area (TPSA) is 49.3 Å². The molecule has 24 heavy (non-hydrogen) atoms. The van der Waals surface area contributed by atoms with E-state index in [1.54, 1.807) is 41.6 Å². The van der Waals surface area contributed by atoms with Crippen LogP contribution < -0.4 is 0 Å². The number of piperazine rings is 1. The van der Waals surface area contributed by atoms with E-state index < -0.39 is 12.1 Å². The van der Waals surface area contributed by atoms with E-state index in [4.69, 9.17) is 0 Å². The zero-order chi connectivity index (χ0) is 16.9. The third kappa shape index (κ3) is 3.76. The number of rotatable bonds is 4. The van der Waals surface area contributed by atoms with E-state index in [0.717, 1.165) is 11.4 Å². The molecule has 2 heterocycles. The molecule has 1 unspecified atom stereocenters. The molecule has 1 saturated heterocycles. The molecule has 2 aromatic rings. The summed E-state index contributed by atoms with van der Waals surface area (Å²) in [6.45, 7) is 5.14. The van der Waals surface area contributed by atoms with E-state index in [1.165, 1.54) is 0 Å². The monoisotopic (exact) mass is 328 g/mol. The van der Waals surface area contributed by atoms with Crippen molar-refractivity contribution >= 4 is 5.91 Å². The Morgan fingerprint density at radius 3 is 2.46 bits per heavy atom. The Morgan fingerprint density at radius 2 is 1.79 bits per heavy atom. The fourth-order valence-corrected chi connectivity index (χ4v) is 2.85. The standard InChI is InChI=1S/C18H21FN4O/c1-14-16(21-8-7-20-14)13-22-9-11-23(12-10-22)18(24)17(19)15-5-3-2-4-6-15/h2-8,17H,9-13H2,1H3. The predicted molar refractivity (Wildman–Crippen MR) is 88.9 cm³/mol. The number of halogens is 1. The molecule has 1 aromatic carbocycles. The summed E-state index contributed by atoms with van der Waals surface area (Å²) < 4.78 is 14.4. The van der Waals surface area contributed by atoms with Crippen molar-refractivity contribution in [3.05, 3.63) is 59.7 Å². The lowest BCUT2D eigenvalue weighted by atomic mass is 10.1. The van der Waals surface area contributed by atoms with Gasteiger partial charge in [-0.1, -0.05) is 30.3 Å². The lowest BCUT2D eigenvalue weighted by Crippen LogP contribution is -2.49. The first-order chi connectivity index (χ1) is 11.6. The quantitative estimate of drug-likeness (QED) is 0.863. The molecule has 0 spiro atoms. The molecule has 0 aliphatic carbocycles. The third-order valence-corrected chi connectivity index (χ3v) is 4.35. The Kier molecular flexibility index (Phi) is 5.15. The largest absolute Gasteiger partial charge is 0.337 e. The van der Waals surface area contributed by atoms with Crippen LogP contribution in [0.15, 0.2) is 42.7 Å². The molecule has 6 heteroatoms. The molecule has 126 valence electrons. The Labute approximate surface area is 141 Å².